The summed E-state index contributed by atoms with van der Waals surface area (Å²) in [4.78, 5) is 28.8. The van der Waals surface area contributed by atoms with Gasteiger partial charge in [0.25, 0.3) is 5.91 Å². The Morgan fingerprint density at radius 1 is 1.03 bits per heavy atom. The number of hydrogen-bond acceptors (Lipinski definition) is 7. The first-order valence-corrected chi connectivity index (χ1v) is 10.1. The van der Waals surface area contributed by atoms with Gasteiger partial charge in [0.2, 0.25) is 0 Å². The van der Waals surface area contributed by atoms with Crippen LogP contribution in [0.3, 0.4) is 0 Å². The standard InChI is InChI=1S/C24H26N2O6/c1-24(2,3)32-20(27)13-25-23(29)21-22(28)17-11-10-16(31-15-8-6-5-7-9-15)12-18(17)19(26-21)14-30-4/h5-12,28H,13-14H2,1-4H3,(H,25,29). The summed E-state index contributed by atoms with van der Waals surface area (Å²) < 4.78 is 16.3. The van der Waals surface area contributed by atoms with Crippen molar-refractivity contribution in [3.8, 4) is 17.2 Å². The molecule has 0 aliphatic rings. The third kappa shape index (κ3) is 5.73. The number of methoxy groups -OCH3 is 1. The zero-order valence-corrected chi connectivity index (χ0v) is 18.5. The Morgan fingerprint density at radius 2 is 1.75 bits per heavy atom. The van der Waals surface area contributed by atoms with Crippen LogP contribution in [0.15, 0.2) is 48.5 Å². The molecule has 0 unspecified atom stereocenters. The number of esters is 1. The number of amides is 1. The second kappa shape index (κ2) is 9.65. The zero-order valence-electron chi connectivity index (χ0n) is 18.5. The van der Waals surface area contributed by atoms with Gasteiger partial charge in [-0.15, -0.1) is 0 Å². The number of carbonyl (C=O) groups is 2. The molecule has 2 aromatic carbocycles. The van der Waals surface area contributed by atoms with Crippen molar-refractivity contribution in [3.05, 3.63) is 59.9 Å². The maximum atomic E-state index is 12.6. The number of pyridine rings is 1. The van der Waals surface area contributed by atoms with Crippen molar-refractivity contribution in [2.45, 2.75) is 33.0 Å². The average molecular weight is 438 g/mol. The first kappa shape index (κ1) is 23.0. The Morgan fingerprint density at radius 3 is 2.41 bits per heavy atom. The Bertz CT molecular complexity index is 1120. The maximum Gasteiger partial charge on any atom is 0.325 e. The molecule has 0 aliphatic heterocycles. The minimum absolute atomic E-state index is 0.109. The smallest absolute Gasteiger partial charge is 0.325 e. The van der Waals surface area contributed by atoms with Crippen LogP contribution < -0.4 is 10.1 Å². The SMILES string of the molecule is COCc1nc(C(=O)NCC(=O)OC(C)(C)C)c(O)c2ccc(Oc3ccccc3)cc12. The fraction of sp³-hybridized carbons (Fsp3) is 0.292. The predicted octanol–water partition coefficient (Wildman–Crippen LogP) is 3.95. The number of fused-ring (bicyclic) bond motifs is 1. The van der Waals surface area contributed by atoms with E-state index in [-0.39, 0.29) is 24.6 Å². The van der Waals surface area contributed by atoms with Crippen LogP contribution in [0.2, 0.25) is 0 Å². The molecule has 1 amide bonds. The van der Waals surface area contributed by atoms with E-state index in [2.05, 4.69) is 10.3 Å². The van der Waals surface area contributed by atoms with Gasteiger partial charge >= 0.3 is 5.97 Å². The lowest BCUT2D eigenvalue weighted by Gasteiger charge is -2.19. The number of nitrogens with one attached hydrogen (secondary N) is 1. The second-order valence-corrected chi connectivity index (χ2v) is 8.08. The highest BCUT2D eigenvalue weighted by atomic mass is 16.6. The lowest BCUT2D eigenvalue weighted by atomic mass is 10.1. The third-order valence-corrected chi connectivity index (χ3v) is 4.32. The van der Waals surface area contributed by atoms with Crippen molar-refractivity contribution in [1.82, 2.24) is 10.3 Å². The number of carbonyl (C=O) groups excluding carboxylic acids is 2. The predicted molar refractivity (Wildman–Crippen MR) is 119 cm³/mol. The molecule has 0 saturated carbocycles. The highest BCUT2D eigenvalue weighted by molar-refractivity contribution is 6.03. The molecule has 0 aliphatic carbocycles. The van der Waals surface area contributed by atoms with Gasteiger partial charge in [0.1, 0.15) is 23.6 Å². The van der Waals surface area contributed by atoms with Crippen LogP contribution in [0.1, 0.15) is 37.0 Å². The molecule has 3 rings (SSSR count). The number of hydrogen-bond donors (Lipinski definition) is 2. The third-order valence-electron chi connectivity index (χ3n) is 4.32. The van der Waals surface area contributed by atoms with Crippen molar-refractivity contribution in [2.75, 3.05) is 13.7 Å². The van der Waals surface area contributed by atoms with Crippen LogP contribution in [0.5, 0.6) is 17.2 Å². The molecule has 32 heavy (non-hydrogen) atoms. The summed E-state index contributed by atoms with van der Waals surface area (Å²) in [6.07, 6.45) is 0. The van der Waals surface area contributed by atoms with Gasteiger partial charge in [0, 0.05) is 17.9 Å². The lowest BCUT2D eigenvalue weighted by Crippen LogP contribution is -2.35. The molecule has 0 spiro atoms. The van der Waals surface area contributed by atoms with Gasteiger partial charge in [-0.25, -0.2) is 4.98 Å². The van der Waals surface area contributed by atoms with E-state index in [0.717, 1.165) is 0 Å². The van der Waals surface area contributed by atoms with Crippen LogP contribution in [-0.2, 0) is 20.9 Å². The largest absolute Gasteiger partial charge is 0.505 e. The van der Waals surface area contributed by atoms with E-state index in [1.165, 1.54) is 7.11 Å². The molecule has 0 bridgehead atoms. The topological polar surface area (TPSA) is 107 Å². The summed E-state index contributed by atoms with van der Waals surface area (Å²) >= 11 is 0. The average Bonchev–Trinajstić information content (AvgIpc) is 2.73. The van der Waals surface area contributed by atoms with E-state index in [1.54, 1.807) is 39.0 Å². The fourth-order valence-corrected chi connectivity index (χ4v) is 3.05. The summed E-state index contributed by atoms with van der Waals surface area (Å²) in [6, 6.07) is 14.3. The van der Waals surface area contributed by atoms with Crippen LogP contribution in [0, 0.1) is 0 Å². The van der Waals surface area contributed by atoms with E-state index < -0.39 is 17.5 Å². The normalized spacial score (nSPS) is 11.2. The van der Waals surface area contributed by atoms with E-state index in [0.29, 0.717) is 28.0 Å². The number of para-hydroxylation sites is 1. The second-order valence-electron chi connectivity index (χ2n) is 8.08. The van der Waals surface area contributed by atoms with Crippen molar-refractivity contribution in [1.29, 1.82) is 0 Å². The van der Waals surface area contributed by atoms with Crippen LogP contribution in [-0.4, -0.2) is 41.2 Å². The van der Waals surface area contributed by atoms with Gasteiger partial charge in [-0.1, -0.05) is 18.2 Å². The molecule has 2 N–H and O–H groups in total. The lowest BCUT2D eigenvalue weighted by molar-refractivity contribution is -0.153. The van der Waals surface area contributed by atoms with Crippen molar-refractivity contribution in [3.63, 3.8) is 0 Å². The summed E-state index contributed by atoms with van der Waals surface area (Å²) in [7, 11) is 1.51. The molecule has 1 aromatic heterocycles. The summed E-state index contributed by atoms with van der Waals surface area (Å²) in [5.74, 6) is -0.379. The summed E-state index contributed by atoms with van der Waals surface area (Å²) in [6.45, 7) is 4.96. The minimum atomic E-state index is -0.697. The van der Waals surface area contributed by atoms with E-state index >= 15 is 0 Å². The van der Waals surface area contributed by atoms with Gasteiger partial charge in [0.05, 0.1) is 12.3 Å². The van der Waals surface area contributed by atoms with E-state index in [1.807, 2.05) is 30.3 Å². The number of benzene rings is 2. The van der Waals surface area contributed by atoms with Crippen molar-refractivity contribution in [2.24, 2.45) is 0 Å². The fourth-order valence-electron chi connectivity index (χ4n) is 3.05. The molecule has 0 fully saturated rings. The Balaban J connectivity index is 1.89. The molecule has 1 heterocycles. The molecule has 0 saturated heterocycles. The molecule has 168 valence electrons. The molecule has 8 nitrogen and oxygen atoms in total. The van der Waals surface area contributed by atoms with Gasteiger partial charge in [-0.05, 0) is 51.1 Å². The monoisotopic (exact) mass is 438 g/mol. The first-order valence-electron chi connectivity index (χ1n) is 10.1. The van der Waals surface area contributed by atoms with Gasteiger partial charge in [-0.3, -0.25) is 9.59 Å². The van der Waals surface area contributed by atoms with Gasteiger partial charge < -0.3 is 24.6 Å². The maximum absolute atomic E-state index is 12.6. The van der Waals surface area contributed by atoms with Crippen molar-refractivity contribution < 1.29 is 28.9 Å². The minimum Gasteiger partial charge on any atom is -0.505 e. The highest BCUT2D eigenvalue weighted by Crippen LogP contribution is 2.34. The first-order chi connectivity index (χ1) is 15.2. The summed E-state index contributed by atoms with van der Waals surface area (Å²) in [5, 5.41) is 14.2. The molecule has 8 heteroatoms. The Labute approximate surface area is 186 Å². The number of ether oxygens (including phenoxy) is 3. The van der Waals surface area contributed by atoms with E-state index in [9.17, 15) is 14.7 Å². The molecule has 0 radical (unpaired) electrons. The van der Waals surface area contributed by atoms with Gasteiger partial charge in [-0.2, -0.15) is 0 Å². The summed E-state index contributed by atoms with van der Waals surface area (Å²) in [5.41, 5.74) is -0.429. The highest BCUT2D eigenvalue weighted by Gasteiger charge is 2.22. The van der Waals surface area contributed by atoms with Crippen molar-refractivity contribution >= 4 is 22.6 Å². The number of rotatable bonds is 7. The number of nitrogens with zero attached hydrogens (tertiary/aromatic N) is 1. The Hall–Kier alpha value is -3.65. The van der Waals surface area contributed by atoms with Crippen LogP contribution >= 0.6 is 0 Å². The molecule has 3 aromatic rings. The van der Waals surface area contributed by atoms with Crippen LogP contribution in [0.4, 0.5) is 0 Å². The number of aromatic nitrogens is 1. The zero-order chi connectivity index (χ0) is 23.3. The van der Waals surface area contributed by atoms with Gasteiger partial charge in [0.15, 0.2) is 11.4 Å². The quantitative estimate of drug-likeness (QED) is 0.538. The molecular formula is C24H26N2O6. The van der Waals surface area contributed by atoms with Crippen LogP contribution in [0.25, 0.3) is 10.8 Å². The Kier molecular flexibility index (Phi) is 6.95. The molecule has 0 atom stereocenters. The van der Waals surface area contributed by atoms with E-state index in [4.69, 9.17) is 14.2 Å². The molecular weight excluding hydrogens is 412 g/mol. The number of aromatic hydroxyl groups is 1.